The van der Waals surface area contributed by atoms with E-state index in [0.717, 1.165) is 0 Å². The first-order chi connectivity index (χ1) is 6.50. The molecule has 1 rings (SSSR count). The number of aryl methyl sites for hydroxylation is 1. The molecule has 0 saturated heterocycles. The summed E-state index contributed by atoms with van der Waals surface area (Å²) in [6.07, 6.45) is 0. The van der Waals surface area contributed by atoms with Crippen LogP contribution < -0.4 is 5.32 Å². The highest BCUT2D eigenvalue weighted by Crippen LogP contribution is 2.20. The molecule has 0 radical (unpaired) electrons. The maximum Gasteiger partial charge on any atom is 0.276 e. The number of benzene rings is 1. The van der Waals surface area contributed by atoms with Gasteiger partial charge < -0.3 is 5.32 Å². The minimum Gasteiger partial charge on any atom is -0.343 e. The fourth-order valence-electron chi connectivity index (χ4n) is 0.994. The number of hydrogen-bond donors (Lipinski definition) is 2. The molecule has 1 aromatic rings. The largest absolute Gasteiger partial charge is 0.343 e. The molecule has 1 aromatic carbocycles. The van der Waals surface area contributed by atoms with Crippen LogP contribution >= 0.6 is 24.2 Å². The van der Waals surface area contributed by atoms with Crippen LogP contribution in [0.4, 0.5) is 9.18 Å². The van der Waals surface area contributed by atoms with Crippen LogP contribution in [0.5, 0.6) is 0 Å². The minimum atomic E-state index is -0.470. The van der Waals surface area contributed by atoms with Gasteiger partial charge in [0.1, 0.15) is 5.82 Å². The monoisotopic (exact) mass is 233 g/mol. The van der Waals surface area contributed by atoms with Crippen LogP contribution in [0, 0.1) is 12.7 Å². The first-order valence-corrected chi connectivity index (χ1v) is 4.74. The highest BCUT2D eigenvalue weighted by atomic mass is 35.5. The fourth-order valence-corrected chi connectivity index (χ4v) is 1.36. The molecule has 14 heavy (non-hydrogen) atoms. The van der Waals surface area contributed by atoms with Gasteiger partial charge in [0.25, 0.3) is 5.24 Å². The Hall–Kier alpha value is -0.740. The van der Waals surface area contributed by atoms with Gasteiger partial charge in [0.05, 0.1) is 0 Å². The second-order valence-electron chi connectivity index (χ2n) is 2.85. The topological polar surface area (TPSA) is 29.1 Å². The van der Waals surface area contributed by atoms with Crippen LogP contribution in [-0.2, 0) is 6.54 Å². The van der Waals surface area contributed by atoms with Gasteiger partial charge in [0.2, 0.25) is 0 Å². The molecular weight excluding hydrogens is 225 g/mol. The predicted octanol–water partition coefficient (Wildman–Crippen LogP) is 2.93. The first-order valence-electron chi connectivity index (χ1n) is 3.92. The van der Waals surface area contributed by atoms with Crippen molar-refractivity contribution in [3.05, 3.63) is 34.1 Å². The number of thiol groups is 1. The molecule has 0 aliphatic rings. The minimum absolute atomic E-state index is 0.179. The van der Waals surface area contributed by atoms with E-state index in [4.69, 9.17) is 11.6 Å². The Bertz CT molecular complexity index is 370. The zero-order chi connectivity index (χ0) is 10.7. The van der Waals surface area contributed by atoms with Gasteiger partial charge in [-0.2, -0.15) is 0 Å². The van der Waals surface area contributed by atoms with Crippen LogP contribution in [-0.4, -0.2) is 5.24 Å². The van der Waals surface area contributed by atoms with Crippen LogP contribution in [0.25, 0.3) is 0 Å². The molecule has 0 aliphatic heterocycles. The van der Waals surface area contributed by atoms with Gasteiger partial charge in [0, 0.05) is 11.6 Å². The summed E-state index contributed by atoms with van der Waals surface area (Å²) in [6.45, 7) is 1.81. The van der Waals surface area contributed by atoms with Crippen LogP contribution in [0.15, 0.2) is 12.1 Å². The third kappa shape index (κ3) is 2.89. The average Bonchev–Trinajstić information content (AvgIpc) is 2.09. The van der Waals surface area contributed by atoms with Gasteiger partial charge >= 0.3 is 0 Å². The molecule has 0 atom stereocenters. The highest BCUT2D eigenvalue weighted by molar-refractivity contribution is 7.96. The van der Waals surface area contributed by atoms with E-state index in [2.05, 4.69) is 17.9 Å². The number of carbonyl (C=O) groups is 1. The molecule has 0 unspecified atom stereocenters. The molecular formula is C9H9ClFNOS. The van der Waals surface area contributed by atoms with Crippen molar-refractivity contribution in [1.82, 2.24) is 5.32 Å². The van der Waals surface area contributed by atoms with Crippen molar-refractivity contribution in [2.75, 3.05) is 0 Å². The van der Waals surface area contributed by atoms with Crippen molar-refractivity contribution in [2.45, 2.75) is 13.5 Å². The number of amides is 1. The van der Waals surface area contributed by atoms with Gasteiger partial charge in [-0.15, -0.1) is 0 Å². The number of nitrogens with one attached hydrogen (secondary N) is 1. The molecule has 0 spiro atoms. The van der Waals surface area contributed by atoms with E-state index in [0.29, 0.717) is 16.1 Å². The lowest BCUT2D eigenvalue weighted by Gasteiger charge is -2.06. The SMILES string of the molecule is Cc1cc(Cl)c(CNC(=O)S)cc1F. The summed E-state index contributed by atoms with van der Waals surface area (Å²) in [4.78, 5) is 10.5. The summed E-state index contributed by atoms with van der Waals surface area (Å²) >= 11 is 9.36. The molecule has 5 heteroatoms. The Morgan fingerprint density at radius 1 is 1.64 bits per heavy atom. The van der Waals surface area contributed by atoms with Gasteiger partial charge in [0.15, 0.2) is 0 Å². The highest BCUT2D eigenvalue weighted by Gasteiger charge is 2.05. The van der Waals surface area contributed by atoms with Crippen molar-refractivity contribution in [3.8, 4) is 0 Å². The first kappa shape index (κ1) is 11.3. The molecule has 1 N–H and O–H groups in total. The van der Waals surface area contributed by atoms with Gasteiger partial charge in [-0.1, -0.05) is 24.2 Å². The standard InChI is InChI=1S/C9H9ClFNOS/c1-5-2-7(10)6(3-8(5)11)4-12-9(13)14/h2-3H,4H2,1H3,(H2,12,13,14). The van der Waals surface area contributed by atoms with Crippen molar-refractivity contribution in [1.29, 1.82) is 0 Å². The molecule has 0 aromatic heterocycles. The van der Waals surface area contributed by atoms with E-state index in [1.54, 1.807) is 6.92 Å². The quantitative estimate of drug-likeness (QED) is 0.756. The van der Waals surface area contributed by atoms with E-state index in [1.165, 1.54) is 12.1 Å². The average molecular weight is 234 g/mol. The van der Waals surface area contributed by atoms with Gasteiger partial charge in [-0.05, 0) is 30.2 Å². The van der Waals surface area contributed by atoms with E-state index >= 15 is 0 Å². The van der Waals surface area contributed by atoms with Crippen molar-refractivity contribution >= 4 is 29.5 Å². The van der Waals surface area contributed by atoms with Crippen LogP contribution in [0.2, 0.25) is 5.02 Å². The smallest absolute Gasteiger partial charge is 0.276 e. The fraction of sp³-hybridized carbons (Fsp3) is 0.222. The second-order valence-corrected chi connectivity index (χ2v) is 3.66. The van der Waals surface area contributed by atoms with Gasteiger partial charge in [-0.25, -0.2) is 4.39 Å². The molecule has 0 saturated carbocycles. The summed E-state index contributed by atoms with van der Waals surface area (Å²) in [5, 5.41) is 2.39. The summed E-state index contributed by atoms with van der Waals surface area (Å²) in [5.41, 5.74) is 1.02. The summed E-state index contributed by atoms with van der Waals surface area (Å²) in [7, 11) is 0. The summed E-state index contributed by atoms with van der Waals surface area (Å²) < 4.78 is 13.1. The number of rotatable bonds is 2. The van der Waals surface area contributed by atoms with E-state index in [9.17, 15) is 9.18 Å². The van der Waals surface area contributed by atoms with Crippen LogP contribution in [0.3, 0.4) is 0 Å². The zero-order valence-corrected chi connectivity index (χ0v) is 9.12. The summed E-state index contributed by atoms with van der Waals surface area (Å²) in [5.74, 6) is -0.335. The Kier molecular flexibility index (Phi) is 3.77. The molecule has 0 fully saturated rings. The van der Waals surface area contributed by atoms with E-state index in [-0.39, 0.29) is 12.4 Å². The Balaban J connectivity index is 2.87. The third-order valence-corrected chi connectivity index (χ3v) is 2.27. The predicted molar refractivity (Wildman–Crippen MR) is 57.4 cm³/mol. The normalized spacial score (nSPS) is 10.0. The Morgan fingerprint density at radius 3 is 2.86 bits per heavy atom. The maximum absolute atomic E-state index is 13.1. The van der Waals surface area contributed by atoms with Crippen molar-refractivity contribution in [2.24, 2.45) is 0 Å². The molecule has 76 valence electrons. The Labute approximate surface area is 91.9 Å². The van der Waals surface area contributed by atoms with Crippen LogP contribution in [0.1, 0.15) is 11.1 Å². The summed E-state index contributed by atoms with van der Waals surface area (Å²) in [6, 6.07) is 2.83. The molecule has 0 heterocycles. The van der Waals surface area contributed by atoms with E-state index in [1.807, 2.05) is 0 Å². The molecule has 0 bridgehead atoms. The van der Waals surface area contributed by atoms with Crippen molar-refractivity contribution < 1.29 is 9.18 Å². The number of carbonyl (C=O) groups excluding carboxylic acids is 1. The van der Waals surface area contributed by atoms with Crippen molar-refractivity contribution in [3.63, 3.8) is 0 Å². The van der Waals surface area contributed by atoms with E-state index < -0.39 is 5.24 Å². The lowest BCUT2D eigenvalue weighted by molar-refractivity contribution is 0.260. The molecule has 1 amide bonds. The number of halogens is 2. The maximum atomic E-state index is 13.1. The molecule has 0 aliphatic carbocycles. The second kappa shape index (κ2) is 4.66. The number of hydrogen-bond acceptors (Lipinski definition) is 1. The Morgan fingerprint density at radius 2 is 2.29 bits per heavy atom. The zero-order valence-electron chi connectivity index (χ0n) is 7.47. The third-order valence-electron chi connectivity index (χ3n) is 1.76. The van der Waals surface area contributed by atoms with Gasteiger partial charge in [-0.3, -0.25) is 4.79 Å². The lowest BCUT2D eigenvalue weighted by Crippen LogP contribution is -2.16. The molecule has 2 nitrogen and oxygen atoms in total. The lowest BCUT2D eigenvalue weighted by atomic mass is 10.1.